The summed E-state index contributed by atoms with van der Waals surface area (Å²) in [7, 11) is 0. The standard InChI is InChI=1S/C13H24N2O2.ClH/c1-2-4-13(5-3-6-13)12(17)15-8-10-7-14-9-11(10)16;/h10-11,14,16H,2-9H2,1H3,(H,15,17);1H. The van der Waals surface area contributed by atoms with Gasteiger partial charge in [0.25, 0.3) is 0 Å². The number of carbonyl (C=O) groups excluding carboxylic acids is 1. The molecule has 2 aliphatic rings. The monoisotopic (exact) mass is 276 g/mol. The number of hydrogen-bond acceptors (Lipinski definition) is 3. The molecule has 2 rings (SSSR count). The Morgan fingerprint density at radius 3 is 2.61 bits per heavy atom. The highest BCUT2D eigenvalue weighted by molar-refractivity contribution is 5.85. The summed E-state index contributed by atoms with van der Waals surface area (Å²) in [5.41, 5.74) is -0.0776. The van der Waals surface area contributed by atoms with Crippen molar-refractivity contribution < 1.29 is 9.90 Å². The van der Waals surface area contributed by atoms with Gasteiger partial charge >= 0.3 is 0 Å². The van der Waals surface area contributed by atoms with Gasteiger partial charge in [-0.1, -0.05) is 19.8 Å². The van der Waals surface area contributed by atoms with Gasteiger partial charge in [0.2, 0.25) is 5.91 Å². The molecule has 5 heteroatoms. The molecular weight excluding hydrogens is 252 g/mol. The van der Waals surface area contributed by atoms with Gasteiger partial charge in [-0.3, -0.25) is 4.79 Å². The van der Waals surface area contributed by atoms with Gasteiger partial charge in [0.05, 0.1) is 6.10 Å². The molecule has 0 aromatic heterocycles. The first-order valence-corrected chi connectivity index (χ1v) is 6.85. The Hall–Kier alpha value is -0.320. The zero-order valence-electron chi connectivity index (χ0n) is 11.1. The van der Waals surface area contributed by atoms with Crippen molar-refractivity contribution in [1.82, 2.24) is 10.6 Å². The lowest BCUT2D eigenvalue weighted by Gasteiger charge is -2.40. The van der Waals surface area contributed by atoms with Crippen molar-refractivity contribution in [3.63, 3.8) is 0 Å². The van der Waals surface area contributed by atoms with E-state index in [9.17, 15) is 9.90 Å². The van der Waals surface area contributed by atoms with Crippen molar-refractivity contribution >= 4 is 18.3 Å². The molecule has 2 atom stereocenters. The number of hydrogen-bond donors (Lipinski definition) is 3. The molecule has 1 saturated carbocycles. The Morgan fingerprint density at radius 2 is 2.17 bits per heavy atom. The third kappa shape index (κ3) is 3.16. The van der Waals surface area contributed by atoms with Crippen molar-refractivity contribution in [1.29, 1.82) is 0 Å². The second-order valence-corrected chi connectivity index (χ2v) is 5.58. The fourth-order valence-corrected chi connectivity index (χ4v) is 3.01. The summed E-state index contributed by atoms with van der Waals surface area (Å²) in [5, 5.41) is 15.8. The first-order chi connectivity index (χ1) is 8.18. The highest BCUT2D eigenvalue weighted by Crippen LogP contribution is 2.44. The first kappa shape index (κ1) is 15.7. The third-order valence-corrected chi connectivity index (χ3v) is 4.35. The molecule has 1 heterocycles. The zero-order chi connectivity index (χ0) is 12.3. The van der Waals surface area contributed by atoms with Crippen LogP contribution in [-0.4, -0.2) is 36.8 Å². The van der Waals surface area contributed by atoms with Crippen LogP contribution in [0.5, 0.6) is 0 Å². The third-order valence-electron chi connectivity index (χ3n) is 4.35. The van der Waals surface area contributed by atoms with Crippen LogP contribution >= 0.6 is 12.4 Å². The van der Waals surface area contributed by atoms with E-state index >= 15 is 0 Å². The van der Waals surface area contributed by atoms with Crippen LogP contribution in [0, 0.1) is 11.3 Å². The SMILES string of the molecule is CCCC1(C(=O)NCC2CNCC2O)CCC1.Cl. The normalized spacial score (nSPS) is 29.2. The number of carbonyl (C=O) groups is 1. The molecule has 106 valence electrons. The fourth-order valence-electron chi connectivity index (χ4n) is 3.01. The van der Waals surface area contributed by atoms with Gasteiger partial charge < -0.3 is 15.7 Å². The van der Waals surface area contributed by atoms with Gasteiger partial charge in [-0.05, 0) is 19.3 Å². The van der Waals surface area contributed by atoms with Crippen LogP contribution in [0.25, 0.3) is 0 Å². The highest BCUT2D eigenvalue weighted by Gasteiger charge is 2.43. The molecule has 0 bridgehead atoms. The molecule has 3 N–H and O–H groups in total. The van der Waals surface area contributed by atoms with E-state index in [-0.39, 0.29) is 35.8 Å². The molecule has 18 heavy (non-hydrogen) atoms. The number of halogens is 1. The zero-order valence-corrected chi connectivity index (χ0v) is 11.9. The first-order valence-electron chi connectivity index (χ1n) is 6.85. The molecule has 2 fully saturated rings. The topological polar surface area (TPSA) is 61.4 Å². The van der Waals surface area contributed by atoms with E-state index in [0.29, 0.717) is 13.1 Å². The van der Waals surface area contributed by atoms with Crippen LogP contribution < -0.4 is 10.6 Å². The Balaban J connectivity index is 0.00000162. The fraction of sp³-hybridized carbons (Fsp3) is 0.923. The summed E-state index contributed by atoms with van der Waals surface area (Å²) in [5.74, 6) is 0.391. The number of amides is 1. The van der Waals surface area contributed by atoms with Crippen LogP contribution in [0.4, 0.5) is 0 Å². The van der Waals surface area contributed by atoms with Crippen LogP contribution in [0.15, 0.2) is 0 Å². The molecule has 1 saturated heterocycles. The van der Waals surface area contributed by atoms with Gasteiger partial charge in [-0.25, -0.2) is 0 Å². The molecule has 2 unspecified atom stereocenters. The Bertz CT molecular complexity index is 282. The van der Waals surface area contributed by atoms with Crippen molar-refractivity contribution in [2.75, 3.05) is 19.6 Å². The average molecular weight is 277 g/mol. The minimum atomic E-state index is -0.307. The number of β-amino-alcohol motifs (C(OH)–C–C–N with tert-alkyl or cyclic N) is 1. The van der Waals surface area contributed by atoms with E-state index < -0.39 is 0 Å². The lowest BCUT2D eigenvalue weighted by molar-refractivity contribution is -0.136. The van der Waals surface area contributed by atoms with E-state index in [1.165, 1.54) is 6.42 Å². The van der Waals surface area contributed by atoms with E-state index in [1.54, 1.807) is 0 Å². The number of rotatable bonds is 5. The summed E-state index contributed by atoms with van der Waals surface area (Å²) < 4.78 is 0. The van der Waals surface area contributed by atoms with Crippen LogP contribution in [0.3, 0.4) is 0 Å². The molecule has 1 aliphatic carbocycles. The van der Waals surface area contributed by atoms with E-state index in [2.05, 4.69) is 17.6 Å². The van der Waals surface area contributed by atoms with E-state index in [0.717, 1.165) is 32.2 Å². The van der Waals surface area contributed by atoms with Crippen LogP contribution in [0.2, 0.25) is 0 Å². The number of aliphatic hydroxyl groups excluding tert-OH is 1. The minimum Gasteiger partial charge on any atom is -0.391 e. The Labute approximate surface area is 115 Å². The maximum atomic E-state index is 12.2. The molecule has 0 aromatic carbocycles. The number of nitrogens with one attached hydrogen (secondary N) is 2. The Morgan fingerprint density at radius 1 is 1.44 bits per heavy atom. The van der Waals surface area contributed by atoms with Crippen LogP contribution in [0.1, 0.15) is 39.0 Å². The van der Waals surface area contributed by atoms with Gasteiger partial charge in [0.15, 0.2) is 0 Å². The maximum absolute atomic E-state index is 12.2. The number of aliphatic hydroxyl groups is 1. The summed E-state index contributed by atoms with van der Waals surface area (Å²) >= 11 is 0. The van der Waals surface area contributed by atoms with Crippen molar-refractivity contribution in [3.05, 3.63) is 0 Å². The quantitative estimate of drug-likeness (QED) is 0.704. The summed E-state index contributed by atoms with van der Waals surface area (Å²) in [4.78, 5) is 12.2. The second-order valence-electron chi connectivity index (χ2n) is 5.58. The molecule has 0 aromatic rings. The Kier molecular flexibility index (Phi) is 5.89. The van der Waals surface area contributed by atoms with Crippen molar-refractivity contribution in [2.24, 2.45) is 11.3 Å². The van der Waals surface area contributed by atoms with Gasteiger partial charge in [0, 0.05) is 31.0 Å². The van der Waals surface area contributed by atoms with Crippen LogP contribution in [-0.2, 0) is 4.79 Å². The summed E-state index contributed by atoms with van der Waals surface area (Å²) in [6, 6.07) is 0. The van der Waals surface area contributed by atoms with Crippen molar-refractivity contribution in [3.8, 4) is 0 Å². The predicted molar refractivity (Wildman–Crippen MR) is 73.8 cm³/mol. The predicted octanol–water partition coefficient (Wildman–Crippen LogP) is 1.08. The highest BCUT2D eigenvalue weighted by atomic mass is 35.5. The molecular formula is C13H25ClN2O2. The van der Waals surface area contributed by atoms with Gasteiger partial charge in [0.1, 0.15) is 0 Å². The molecule has 1 amide bonds. The second kappa shape index (κ2) is 6.73. The summed E-state index contributed by atoms with van der Waals surface area (Å²) in [6.07, 6.45) is 5.03. The maximum Gasteiger partial charge on any atom is 0.226 e. The molecule has 4 nitrogen and oxygen atoms in total. The van der Waals surface area contributed by atoms with E-state index in [4.69, 9.17) is 0 Å². The van der Waals surface area contributed by atoms with E-state index in [1.807, 2.05) is 0 Å². The average Bonchev–Trinajstić information content (AvgIpc) is 2.66. The molecule has 1 aliphatic heterocycles. The van der Waals surface area contributed by atoms with Gasteiger partial charge in [-0.2, -0.15) is 0 Å². The lowest BCUT2D eigenvalue weighted by atomic mass is 9.65. The van der Waals surface area contributed by atoms with Crippen molar-refractivity contribution in [2.45, 2.75) is 45.1 Å². The minimum absolute atomic E-state index is 0. The molecule has 0 radical (unpaired) electrons. The summed E-state index contributed by atoms with van der Waals surface area (Å²) in [6.45, 7) is 4.21. The largest absolute Gasteiger partial charge is 0.391 e. The lowest BCUT2D eigenvalue weighted by Crippen LogP contribution is -2.47. The molecule has 0 spiro atoms. The van der Waals surface area contributed by atoms with Gasteiger partial charge in [-0.15, -0.1) is 12.4 Å². The smallest absolute Gasteiger partial charge is 0.226 e.